The van der Waals surface area contributed by atoms with Crippen molar-refractivity contribution in [2.45, 2.75) is 46.3 Å². The Morgan fingerprint density at radius 3 is 2.67 bits per heavy atom. The SMILES string of the molecule is CCCOc1ccc(CC(C)O)cc1COCC. The van der Waals surface area contributed by atoms with Gasteiger partial charge in [0.1, 0.15) is 5.75 Å². The zero-order valence-electron chi connectivity index (χ0n) is 11.6. The molecule has 1 N–H and O–H groups in total. The Morgan fingerprint density at radius 2 is 2.06 bits per heavy atom. The summed E-state index contributed by atoms with van der Waals surface area (Å²) in [7, 11) is 0. The van der Waals surface area contributed by atoms with Gasteiger partial charge in [0, 0.05) is 12.2 Å². The van der Waals surface area contributed by atoms with Crippen LogP contribution in [-0.2, 0) is 17.8 Å². The van der Waals surface area contributed by atoms with Gasteiger partial charge in [0.25, 0.3) is 0 Å². The summed E-state index contributed by atoms with van der Waals surface area (Å²) < 4.78 is 11.2. The molecule has 0 bridgehead atoms. The summed E-state index contributed by atoms with van der Waals surface area (Å²) in [5, 5.41) is 9.42. The maximum Gasteiger partial charge on any atom is 0.124 e. The lowest BCUT2D eigenvalue weighted by Gasteiger charge is -2.13. The molecule has 0 heterocycles. The fraction of sp³-hybridized carbons (Fsp3) is 0.600. The maximum absolute atomic E-state index is 9.42. The molecule has 0 aromatic heterocycles. The molecule has 102 valence electrons. The summed E-state index contributed by atoms with van der Waals surface area (Å²) in [4.78, 5) is 0. The van der Waals surface area contributed by atoms with E-state index in [2.05, 4.69) is 13.0 Å². The van der Waals surface area contributed by atoms with E-state index in [9.17, 15) is 5.11 Å². The first-order valence-corrected chi connectivity index (χ1v) is 6.67. The normalized spacial score (nSPS) is 12.4. The second-order valence-corrected chi connectivity index (χ2v) is 4.48. The van der Waals surface area contributed by atoms with Gasteiger partial charge in [-0.15, -0.1) is 0 Å². The van der Waals surface area contributed by atoms with Crippen molar-refractivity contribution >= 4 is 0 Å². The lowest BCUT2D eigenvalue weighted by molar-refractivity contribution is 0.131. The van der Waals surface area contributed by atoms with Gasteiger partial charge in [-0.05, 0) is 44.4 Å². The molecule has 1 aromatic carbocycles. The van der Waals surface area contributed by atoms with E-state index in [1.165, 1.54) is 0 Å². The van der Waals surface area contributed by atoms with Crippen molar-refractivity contribution in [1.29, 1.82) is 0 Å². The Bertz CT molecular complexity index is 348. The van der Waals surface area contributed by atoms with Crippen LogP contribution in [0.25, 0.3) is 0 Å². The Kier molecular flexibility index (Phi) is 6.76. The molecule has 3 heteroatoms. The average Bonchev–Trinajstić information content (AvgIpc) is 2.34. The molecule has 0 fully saturated rings. The number of aliphatic hydroxyl groups excluding tert-OH is 1. The van der Waals surface area contributed by atoms with Crippen LogP contribution in [0.4, 0.5) is 0 Å². The second-order valence-electron chi connectivity index (χ2n) is 4.48. The van der Waals surface area contributed by atoms with Crippen LogP contribution in [0, 0.1) is 0 Å². The molecule has 0 aliphatic rings. The molecule has 0 spiro atoms. The second kappa shape index (κ2) is 8.11. The van der Waals surface area contributed by atoms with E-state index in [1.807, 2.05) is 19.1 Å². The van der Waals surface area contributed by atoms with Crippen molar-refractivity contribution < 1.29 is 14.6 Å². The van der Waals surface area contributed by atoms with E-state index in [0.29, 0.717) is 19.6 Å². The zero-order valence-corrected chi connectivity index (χ0v) is 11.6. The molecule has 3 nitrogen and oxygen atoms in total. The molecule has 1 atom stereocenters. The molecule has 0 radical (unpaired) electrons. The highest BCUT2D eigenvalue weighted by Gasteiger charge is 2.07. The highest BCUT2D eigenvalue weighted by Crippen LogP contribution is 2.22. The minimum Gasteiger partial charge on any atom is -0.493 e. The molecule has 0 amide bonds. The van der Waals surface area contributed by atoms with Crippen LogP contribution in [0.15, 0.2) is 18.2 Å². The molecule has 0 saturated carbocycles. The lowest BCUT2D eigenvalue weighted by atomic mass is 10.1. The molecule has 18 heavy (non-hydrogen) atoms. The van der Waals surface area contributed by atoms with Gasteiger partial charge in [-0.1, -0.05) is 13.0 Å². The third-order valence-electron chi connectivity index (χ3n) is 2.58. The number of hydrogen-bond acceptors (Lipinski definition) is 3. The molecular formula is C15H24O3. The minimum atomic E-state index is -0.327. The van der Waals surface area contributed by atoms with Crippen molar-refractivity contribution in [2.24, 2.45) is 0 Å². The topological polar surface area (TPSA) is 38.7 Å². The number of aliphatic hydroxyl groups is 1. The monoisotopic (exact) mass is 252 g/mol. The molecule has 0 aliphatic carbocycles. The van der Waals surface area contributed by atoms with Gasteiger partial charge in [-0.3, -0.25) is 0 Å². The highest BCUT2D eigenvalue weighted by atomic mass is 16.5. The quantitative estimate of drug-likeness (QED) is 0.773. The van der Waals surface area contributed by atoms with E-state index in [4.69, 9.17) is 9.47 Å². The van der Waals surface area contributed by atoms with Gasteiger partial charge in [0.2, 0.25) is 0 Å². The smallest absolute Gasteiger partial charge is 0.124 e. The highest BCUT2D eigenvalue weighted by molar-refractivity contribution is 5.37. The van der Waals surface area contributed by atoms with Crippen molar-refractivity contribution in [1.82, 2.24) is 0 Å². The Balaban J connectivity index is 2.81. The first kappa shape index (κ1) is 15.0. The zero-order chi connectivity index (χ0) is 13.4. The Labute approximate surface area is 110 Å². The van der Waals surface area contributed by atoms with Crippen molar-refractivity contribution in [3.8, 4) is 5.75 Å². The summed E-state index contributed by atoms with van der Waals surface area (Å²) in [6.45, 7) is 7.83. The fourth-order valence-corrected chi connectivity index (χ4v) is 1.78. The van der Waals surface area contributed by atoms with Gasteiger partial charge < -0.3 is 14.6 Å². The van der Waals surface area contributed by atoms with Crippen molar-refractivity contribution in [2.75, 3.05) is 13.2 Å². The third kappa shape index (κ3) is 5.07. The predicted octanol–water partition coefficient (Wildman–Crippen LogP) is 2.94. The van der Waals surface area contributed by atoms with Gasteiger partial charge in [-0.2, -0.15) is 0 Å². The predicted molar refractivity (Wildman–Crippen MR) is 72.9 cm³/mol. The largest absolute Gasteiger partial charge is 0.493 e. The van der Waals surface area contributed by atoms with Gasteiger partial charge in [0.15, 0.2) is 0 Å². The van der Waals surface area contributed by atoms with Crippen LogP contribution in [0.2, 0.25) is 0 Å². The minimum absolute atomic E-state index is 0.327. The summed E-state index contributed by atoms with van der Waals surface area (Å²) in [5.41, 5.74) is 2.17. The number of ether oxygens (including phenoxy) is 2. The molecule has 0 aliphatic heterocycles. The Hall–Kier alpha value is -1.06. The number of rotatable bonds is 8. The van der Waals surface area contributed by atoms with E-state index < -0.39 is 0 Å². The average molecular weight is 252 g/mol. The third-order valence-corrected chi connectivity index (χ3v) is 2.58. The van der Waals surface area contributed by atoms with E-state index in [1.54, 1.807) is 6.92 Å². The van der Waals surface area contributed by atoms with Gasteiger partial charge >= 0.3 is 0 Å². The van der Waals surface area contributed by atoms with Crippen LogP contribution in [0.5, 0.6) is 5.75 Å². The van der Waals surface area contributed by atoms with Crippen LogP contribution in [0.3, 0.4) is 0 Å². The van der Waals surface area contributed by atoms with Crippen LogP contribution in [-0.4, -0.2) is 24.4 Å². The van der Waals surface area contributed by atoms with Crippen LogP contribution in [0.1, 0.15) is 38.3 Å². The first-order chi connectivity index (χ1) is 8.67. The van der Waals surface area contributed by atoms with E-state index >= 15 is 0 Å². The standard InChI is InChI=1S/C15H24O3/c1-4-8-18-15-7-6-13(9-12(3)16)10-14(15)11-17-5-2/h6-7,10,12,16H,4-5,8-9,11H2,1-3H3. The summed E-state index contributed by atoms with van der Waals surface area (Å²) in [5.74, 6) is 0.889. The first-order valence-electron chi connectivity index (χ1n) is 6.67. The van der Waals surface area contributed by atoms with Crippen molar-refractivity contribution in [3.05, 3.63) is 29.3 Å². The van der Waals surface area contributed by atoms with E-state index in [-0.39, 0.29) is 6.10 Å². The summed E-state index contributed by atoms with van der Waals surface area (Å²) in [6, 6.07) is 6.04. The van der Waals surface area contributed by atoms with Crippen LogP contribution < -0.4 is 4.74 Å². The molecule has 1 aromatic rings. The lowest BCUT2D eigenvalue weighted by Crippen LogP contribution is -2.06. The summed E-state index contributed by atoms with van der Waals surface area (Å²) >= 11 is 0. The Morgan fingerprint density at radius 1 is 1.28 bits per heavy atom. The van der Waals surface area contributed by atoms with E-state index in [0.717, 1.165) is 29.9 Å². The molecule has 1 rings (SSSR count). The van der Waals surface area contributed by atoms with Crippen LogP contribution >= 0.6 is 0 Å². The van der Waals surface area contributed by atoms with Crippen molar-refractivity contribution in [3.63, 3.8) is 0 Å². The molecular weight excluding hydrogens is 228 g/mol. The number of benzene rings is 1. The molecule has 1 unspecified atom stereocenters. The fourth-order valence-electron chi connectivity index (χ4n) is 1.78. The van der Waals surface area contributed by atoms with Gasteiger partial charge in [-0.25, -0.2) is 0 Å². The maximum atomic E-state index is 9.42. The summed E-state index contributed by atoms with van der Waals surface area (Å²) in [6.07, 6.45) is 1.32. The van der Waals surface area contributed by atoms with Gasteiger partial charge in [0.05, 0.1) is 19.3 Å². The number of hydrogen-bond donors (Lipinski definition) is 1. The molecule has 0 saturated heterocycles.